The molecule has 0 spiro atoms. The summed E-state index contributed by atoms with van der Waals surface area (Å²) >= 11 is 0. The summed E-state index contributed by atoms with van der Waals surface area (Å²) < 4.78 is 18.7. The first-order valence-electron chi connectivity index (χ1n) is 7.11. The van der Waals surface area contributed by atoms with Crippen LogP contribution in [0, 0.1) is 5.82 Å². The number of rotatable bonds is 3. The van der Waals surface area contributed by atoms with E-state index in [-0.39, 0.29) is 17.7 Å². The highest BCUT2D eigenvalue weighted by molar-refractivity contribution is 5.94. The molecular formula is C16H16FN3O2. The standard InChI is InChI=1S/C16H16FN3O2/c1-22-15-5-4-11(9-12(15)17)16(21)20-8-2-3-14(20)13-10-18-6-7-19-13/h4-7,9-10,14H,2-3,8H2,1H3/t14-/m1/s1. The Kier molecular flexibility index (Phi) is 4.00. The van der Waals surface area contributed by atoms with Gasteiger partial charge in [-0.1, -0.05) is 0 Å². The predicted octanol–water partition coefficient (Wildman–Crippen LogP) is 2.60. The molecule has 0 radical (unpaired) electrons. The summed E-state index contributed by atoms with van der Waals surface area (Å²) in [6.07, 6.45) is 6.62. The second-order valence-corrected chi connectivity index (χ2v) is 5.14. The molecule has 0 aliphatic carbocycles. The van der Waals surface area contributed by atoms with Crippen molar-refractivity contribution >= 4 is 5.91 Å². The number of hydrogen-bond donors (Lipinski definition) is 0. The zero-order chi connectivity index (χ0) is 15.5. The third-order valence-corrected chi connectivity index (χ3v) is 3.84. The Balaban J connectivity index is 1.86. The number of ether oxygens (including phenoxy) is 1. The largest absolute Gasteiger partial charge is 0.494 e. The fraction of sp³-hybridized carbons (Fsp3) is 0.312. The van der Waals surface area contributed by atoms with Crippen molar-refractivity contribution in [2.24, 2.45) is 0 Å². The van der Waals surface area contributed by atoms with Crippen molar-refractivity contribution in [1.82, 2.24) is 14.9 Å². The number of nitrogens with zero attached hydrogens (tertiary/aromatic N) is 3. The zero-order valence-corrected chi connectivity index (χ0v) is 12.2. The van der Waals surface area contributed by atoms with E-state index in [4.69, 9.17) is 4.74 Å². The first-order valence-corrected chi connectivity index (χ1v) is 7.11. The molecule has 5 nitrogen and oxygen atoms in total. The van der Waals surface area contributed by atoms with Gasteiger partial charge < -0.3 is 9.64 Å². The minimum Gasteiger partial charge on any atom is -0.494 e. The molecule has 0 unspecified atom stereocenters. The van der Waals surface area contributed by atoms with Crippen molar-refractivity contribution in [1.29, 1.82) is 0 Å². The van der Waals surface area contributed by atoms with Crippen LogP contribution < -0.4 is 4.74 Å². The fourth-order valence-electron chi connectivity index (χ4n) is 2.77. The van der Waals surface area contributed by atoms with Gasteiger partial charge in [0.25, 0.3) is 5.91 Å². The van der Waals surface area contributed by atoms with E-state index in [0.29, 0.717) is 12.1 Å². The molecule has 0 N–H and O–H groups in total. The van der Waals surface area contributed by atoms with Crippen LogP contribution in [0.3, 0.4) is 0 Å². The number of hydrogen-bond acceptors (Lipinski definition) is 4. The molecular weight excluding hydrogens is 285 g/mol. The van der Waals surface area contributed by atoms with Crippen LogP contribution >= 0.6 is 0 Å². The molecule has 1 saturated heterocycles. The summed E-state index contributed by atoms with van der Waals surface area (Å²) in [4.78, 5) is 22.7. The van der Waals surface area contributed by atoms with E-state index in [2.05, 4.69) is 9.97 Å². The van der Waals surface area contributed by atoms with E-state index in [1.165, 1.54) is 19.2 Å². The number of likely N-dealkylation sites (tertiary alicyclic amines) is 1. The van der Waals surface area contributed by atoms with Gasteiger partial charge in [-0.05, 0) is 31.0 Å². The van der Waals surface area contributed by atoms with Gasteiger partial charge in [-0.2, -0.15) is 0 Å². The molecule has 114 valence electrons. The topological polar surface area (TPSA) is 55.3 Å². The summed E-state index contributed by atoms with van der Waals surface area (Å²) in [7, 11) is 1.39. The van der Waals surface area contributed by atoms with Crippen molar-refractivity contribution in [3.8, 4) is 5.75 Å². The maximum absolute atomic E-state index is 13.8. The summed E-state index contributed by atoms with van der Waals surface area (Å²) in [5.74, 6) is -0.609. The minimum atomic E-state index is -0.538. The Morgan fingerprint density at radius 2 is 2.27 bits per heavy atom. The number of halogens is 1. The molecule has 2 aromatic rings. The van der Waals surface area contributed by atoms with Crippen LogP contribution in [0.2, 0.25) is 0 Å². The molecule has 1 aromatic heterocycles. The number of amides is 1. The Morgan fingerprint density at radius 3 is 2.95 bits per heavy atom. The van der Waals surface area contributed by atoms with Crippen LogP contribution in [0.4, 0.5) is 4.39 Å². The lowest BCUT2D eigenvalue weighted by Crippen LogP contribution is -2.31. The van der Waals surface area contributed by atoms with Gasteiger partial charge in [-0.15, -0.1) is 0 Å². The maximum atomic E-state index is 13.8. The Morgan fingerprint density at radius 1 is 1.41 bits per heavy atom. The molecule has 1 fully saturated rings. The molecule has 0 bridgehead atoms. The number of methoxy groups -OCH3 is 1. The van der Waals surface area contributed by atoms with Crippen molar-refractivity contribution in [3.63, 3.8) is 0 Å². The smallest absolute Gasteiger partial charge is 0.254 e. The van der Waals surface area contributed by atoms with Crippen molar-refractivity contribution in [2.45, 2.75) is 18.9 Å². The highest BCUT2D eigenvalue weighted by Crippen LogP contribution is 2.32. The third kappa shape index (κ3) is 2.64. The molecule has 1 aromatic carbocycles. The van der Waals surface area contributed by atoms with E-state index in [1.807, 2.05) is 0 Å². The molecule has 6 heteroatoms. The fourth-order valence-corrected chi connectivity index (χ4v) is 2.77. The summed E-state index contributed by atoms with van der Waals surface area (Å²) in [5, 5.41) is 0. The lowest BCUT2D eigenvalue weighted by atomic mass is 10.1. The van der Waals surface area contributed by atoms with Crippen LogP contribution in [0.25, 0.3) is 0 Å². The number of carbonyl (C=O) groups is 1. The van der Waals surface area contributed by atoms with Gasteiger partial charge >= 0.3 is 0 Å². The van der Waals surface area contributed by atoms with Crippen molar-refractivity contribution in [3.05, 3.63) is 53.9 Å². The van der Waals surface area contributed by atoms with Crippen LogP contribution in [-0.2, 0) is 0 Å². The zero-order valence-electron chi connectivity index (χ0n) is 12.2. The summed E-state index contributed by atoms with van der Waals surface area (Å²) in [6.45, 7) is 0.633. The molecule has 22 heavy (non-hydrogen) atoms. The molecule has 1 aliphatic heterocycles. The molecule has 1 amide bonds. The molecule has 3 rings (SSSR count). The Bertz CT molecular complexity index is 678. The molecule has 1 atom stereocenters. The average molecular weight is 301 g/mol. The molecule has 1 aliphatic rings. The Labute approximate surface area is 127 Å². The van der Waals surface area contributed by atoms with Gasteiger partial charge in [0.05, 0.1) is 25.0 Å². The SMILES string of the molecule is COc1ccc(C(=O)N2CCC[C@@H]2c2cnccn2)cc1F. The van der Waals surface area contributed by atoms with E-state index in [1.54, 1.807) is 29.6 Å². The van der Waals surface area contributed by atoms with Gasteiger partial charge in [0.15, 0.2) is 11.6 Å². The lowest BCUT2D eigenvalue weighted by Gasteiger charge is -2.24. The van der Waals surface area contributed by atoms with Gasteiger partial charge in [-0.25, -0.2) is 4.39 Å². The third-order valence-electron chi connectivity index (χ3n) is 3.84. The van der Waals surface area contributed by atoms with Gasteiger partial charge in [0.2, 0.25) is 0 Å². The maximum Gasteiger partial charge on any atom is 0.254 e. The molecule has 2 heterocycles. The first kappa shape index (κ1) is 14.4. The summed E-state index contributed by atoms with van der Waals surface area (Å²) in [6, 6.07) is 4.16. The van der Waals surface area contributed by atoms with Crippen LogP contribution in [0.5, 0.6) is 5.75 Å². The first-order chi connectivity index (χ1) is 10.7. The van der Waals surface area contributed by atoms with E-state index in [0.717, 1.165) is 18.5 Å². The second kappa shape index (κ2) is 6.09. The van der Waals surface area contributed by atoms with Gasteiger partial charge in [0.1, 0.15) is 0 Å². The van der Waals surface area contributed by atoms with Crippen LogP contribution in [0.1, 0.15) is 34.9 Å². The van der Waals surface area contributed by atoms with Crippen molar-refractivity contribution < 1.29 is 13.9 Å². The van der Waals surface area contributed by atoms with Crippen molar-refractivity contribution in [2.75, 3.05) is 13.7 Å². The predicted molar refractivity (Wildman–Crippen MR) is 78.0 cm³/mol. The van der Waals surface area contributed by atoms with E-state index < -0.39 is 5.82 Å². The van der Waals surface area contributed by atoms with E-state index >= 15 is 0 Å². The monoisotopic (exact) mass is 301 g/mol. The van der Waals surface area contributed by atoms with Gasteiger partial charge in [-0.3, -0.25) is 14.8 Å². The second-order valence-electron chi connectivity index (χ2n) is 5.14. The van der Waals surface area contributed by atoms with E-state index in [9.17, 15) is 9.18 Å². The average Bonchev–Trinajstić information content (AvgIpc) is 3.04. The normalized spacial score (nSPS) is 17.5. The quantitative estimate of drug-likeness (QED) is 0.874. The van der Waals surface area contributed by atoms with Gasteiger partial charge in [0, 0.05) is 24.5 Å². The highest BCUT2D eigenvalue weighted by atomic mass is 19.1. The lowest BCUT2D eigenvalue weighted by molar-refractivity contribution is 0.0732. The minimum absolute atomic E-state index is 0.105. The molecule has 0 saturated carbocycles. The Hall–Kier alpha value is -2.50. The number of aromatic nitrogens is 2. The van der Waals surface area contributed by atoms with Crippen LogP contribution in [-0.4, -0.2) is 34.4 Å². The number of carbonyl (C=O) groups excluding carboxylic acids is 1. The highest BCUT2D eigenvalue weighted by Gasteiger charge is 2.31. The summed E-state index contributed by atoms with van der Waals surface area (Å²) in [5.41, 5.74) is 1.08. The number of benzene rings is 1. The van der Waals surface area contributed by atoms with Crippen LogP contribution in [0.15, 0.2) is 36.8 Å².